The largest absolute Gasteiger partial charge is 0.440 e. The Balaban J connectivity index is 1.43. The number of nitrogens with zero attached hydrogens (tertiary/aromatic N) is 3. The van der Waals surface area contributed by atoms with E-state index < -0.39 is 0 Å². The van der Waals surface area contributed by atoms with Crippen molar-refractivity contribution in [2.24, 2.45) is 0 Å². The molecule has 0 atom stereocenters. The summed E-state index contributed by atoms with van der Waals surface area (Å²) in [7, 11) is 0. The molecule has 0 saturated heterocycles. The van der Waals surface area contributed by atoms with Gasteiger partial charge < -0.3 is 4.42 Å². The van der Waals surface area contributed by atoms with Gasteiger partial charge in [0, 0.05) is 34.3 Å². The molecule has 8 heteroatoms. The predicted molar refractivity (Wildman–Crippen MR) is 116 cm³/mol. The lowest BCUT2D eigenvalue weighted by Crippen LogP contribution is -2.05. The van der Waals surface area contributed by atoms with Crippen molar-refractivity contribution in [3.05, 3.63) is 63.6 Å². The van der Waals surface area contributed by atoms with E-state index in [1.54, 1.807) is 40.6 Å². The number of ketones is 1. The van der Waals surface area contributed by atoms with Gasteiger partial charge in [-0.2, -0.15) is 0 Å². The van der Waals surface area contributed by atoms with Crippen molar-refractivity contribution >= 4 is 40.2 Å². The number of aryl methyl sites for hydroxylation is 2. The maximum absolute atomic E-state index is 12.8. The molecule has 28 heavy (non-hydrogen) atoms. The molecule has 0 aliphatic heterocycles. The third-order valence-electron chi connectivity index (χ3n) is 4.44. The first-order valence-corrected chi connectivity index (χ1v) is 11.7. The lowest BCUT2D eigenvalue weighted by molar-refractivity contribution is 0.102. The number of carbonyl (C=O) groups is 1. The van der Waals surface area contributed by atoms with Crippen molar-refractivity contribution < 1.29 is 9.21 Å². The van der Waals surface area contributed by atoms with E-state index in [0.29, 0.717) is 17.4 Å². The zero-order valence-corrected chi connectivity index (χ0v) is 18.2. The number of thioether (sulfide) groups is 1. The second-order valence-electron chi connectivity index (χ2n) is 6.35. The second-order valence-corrected chi connectivity index (χ2v) is 9.16. The summed E-state index contributed by atoms with van der Waals surface area (Å²) in [5.74, 6) is 2.65. The van der Waals surface area contributed by atoms with Gasteiger partial charge in [0.05, 0.1) is 16.3 Å². The Morgan fingerprint density at radius 3 is 2.82 bits per heavy atom. The number of thiophene rings is 1. The molecule has 0 spiro atoms. The van der Waals surface area contributed by atoms with Crippen LogP contribution in [0.25, 0.3) is 15.9 Å². The van der Waals surface area contributed by atoms with Gasteiger partial charge in [0.1, 0.15) is 5.76 Å². The van der Waals surface area contributed by atoms with Gasteiger partial charge in [0.25, 0.3) is 0 Å². The van der Waals surface area contributed by atoms with Crippen LogP contribution in [0.1, 0.15) is 33.2 Å². The average Bonchev–Trinajstić information content (AvgIpc) is 3.43. The summed E-state index contributed by atoms with van der Waals surface area (Å²) >= 11 is 4.73. The number of oxazole rings is 1. The van der Waals surface area contributed by atoms with E-state index in [1.165, 1.54) is 0 Å². The standard InChI is InChI=1S/C20H19N3O2S3/c1-12-9-15(13(2)23(12)20-21-6-8-28-20)17(24)11-26-10-16-14(3)25-19(22-16)18-5-4-7-27-18/h4-9H,10-11H2,1-3H3. The van der Waals surface area contributed by atoms with Crippen molar-refractivity contribution in [2.45, 2.75) is 26.5 Å². The van der Waals surface area contributed by atoms with Crippen LogP contribution in [-0.4, -0.2) is 26.1 Å². The lowest BCUT2D eigenvalue weighted by Gasteiger charge is -2.05. The highest BCUT2D eigenvalue weighted by molar-refractivity contribution is 7.99. The van der Waals surface area contributed by atoms with E-state index >= 15 is 0 Å². The molecular formula is C20H19N3O2S3. The molecule has 0 aliphatic carbocycles. The first-order valence-electron chi connectivity index (χ1n) is 8.74. The first kappa shape index (κ1) is 19.2. The Bertz CT molecular complexity index is 1090. The van der Waals surface area contributed by atoms with Gasteiger partial charge in [-0.1, -0.05) is 6.07 Å². The molecule has 0 radical (unpaired) electrons. The maximum atomic E-state index is 12.8. The number of rotatable bonds is 7. The fourth-order valence-electron chi connectivity index (χ4n) is 3.05. The van der Waals surface area contributed by atoms with Crippen LogP contribution in [0.4, 0.5) is 0 Å². The van der Waals surface area contributed by atoms with Crippen molar-refractivity contribution in [3.63, 3.8) is 0 Å². The highest BCUT2D eigenvalue weighted by Crippen LogP contribution is 2.28. The third kappa shape index (κ3) is 3.72. The first-order chi connectivity index (χ1) is 13.5. The number of hydrogen-bond donors (Lipinski definition) is 0. The number of aromatic nitrogens is 3. The predicted octanol–water partition coefficient (Wildman–Crippen LogP) is 5.69. The molecule has 144 valence electrons. The molecule has 4 heterocycles. The van der Waals surface area contributed by atoms with E-state index in [2.05, 4.69) is 9.97 Å². The van der Waals surface area contributed by atoms with Crippen LogP contribution in [0.5, 0.6) is 0 Å². The SMILES string of the molecule is Cc1oc(-c2cccs2)nc1CSCC(=O)c1cc(C)n(-c2nccs2)c1C. The quantitative estimate of drug-likeness (QED) is 0.353. The number of hydrogen-bond acceptors (Lipinski definition) is 7. The summed E-state index contributed by atoms with van der Waals surface area (Å²) in [6, 6.07) is 5.93. The van der Waals surface area contributed by atoms with Gasteiger partial charge in [-0.15, -0.1) is 34.4 Å². The molecule has 0 aromatic carbocycles. The molecule has 0 saturated carbocycles. The minimum absolute atomic E-state index is 0.125. The van der Waals surface area contributed by atoms with Crippen LogP contribution in [0.3, 0.4) is 0 Å². The van der Waals surface area contributed by atoms with Gasteiger partial charge in [0.15, 0.2) is 10.9 Å². The summed E-state index contributed by atoms with van der Waals surface area (Å²) < 4.78 is 7.81. The van der Waals surface area contributed by atoms with Crippen LogP contribution in [-0.2, 0) is 5.75 Å². The Labute approximate surface area is 175 Å². The van der Waals surface area contributed by atoms with Gasteiger partial charge in [-0.05, 0) is 38.3 Å². The molecule has 0 aliphatic rings. The molecule has 4 rings (SSSR count). The van der Waals surface area contributed by atoms with E-state index in [1.807, 2.05) is 54.3 Å². The number of Topliss-reactive ketones (excluding diaryl/α,β-unsaturated/α-hetero) is 1. The Hall–Kier alpha value is -2.16. The van der Waals surface area contributed by atoms with Gasteiger partial charge in [-0.3, -0.25) is 9.36 Å². The van der Waals surface area contributed by atoms with Crippen molar-refractivity contribution in [2.75, 3.05) is 5.75 Å². The third-order valence-corrected chi connectivity index (χ3v) is 7.00. The Kier molecular flexibility index (Phi) is 5.52. The molecule has 5 nitrogen and oxygen atoms in total. The molecule has 4 aromatic heterocycles. The molecule has 0 unspecified atom stereocenters. The van der Waals surface area contributed by atoms with E-state index in [0.717, 1.165) is 38.4 Å². The minimum Gasteiger partial charge on any atom is -0.440 e. The highest BCUT2D eigenvalue weighted by Gasteiger charge is 2.18. The van der Waals surface area contributed by atoms with Gasteiger partial charge in [-0.25, -0.2) is 9.97 Å². The Morgan fingerprint density at radius 1 is 1.25 bits per heavy atom. The van der Waals surface area contributed by atoms with Crippen LogP contribution in [0.15, 0.2) is 39.6 Å². The topological polar surface area (TPSA) is 60.9 Å². The van der Waals surface area contributed by atoms with Crippen molar-refractivity contribution in [1.82, 2.24) is 14.5 Å². The molecular weight excluding hydrogens is 410 g/mol. The van der Waals surface area contributed by atoms with Crippen molar-refractivity contribution in [3.8, 4) is 15.9 Å². The van der Waals surface area contributed by atoms with Gasteiger partial charge >= 0.3 is 0 Å². The number of carbonyl (C=O) groups excluding carboxylic acids is 1. The summed E-state index contributed by atoms with van der Waals surface area (Å²) in [6.45, 7) is 5.90. The molecule has 0 fully saturated rings. The van der Waals surface area contributed by atoms with Crippen molar-refractivity contribution in [1.29, 1.82) is 0 Å². The monoisotopic (exact) mass is 429 g/mol. The zero-order chi connectivity index (χ0) is 19.7. The summed E-state index contributed by atoms with van der Waals surface area (Å²) in [4.78, 5) is 22.7. The van der Waals surface area contributed by atoms with Gasteiger partial charge in [0.2, 0.25) is 5.89 Å². The van der Waals surface area contributed by atoms with E-state index in [-0.39, 0.29) is 5.78 Å². The molecule has 0 bridgehead atoms. The molecule has 0 N–H and O–H groups in total. The average molecular weight is 430 g/mol. The number of thiazole rings is 1. The van der Waals surface area contributed by atoms with E-state index in [4.69, 9.17) is 4.42 Å². The Morgan fingerprint density at radius 2 is 2.11 bits per heavy atom. The smallest absolute Gasteiger partial charge is 0.236 e. The van der Waals surface area contributed by atoms with Crippen LogP contribution in [0, 0.1) is 20.8 Å². The zero-order valence-electron chi connectivity index (χ0n) is 15.8. The fraction of sp³-hybridized carbons (Fsp3) is 0.250. The van der Waals surface area contributed by atoms with Crippen LogP contribution in [0.2, 0.25) is 0 Å². The van der Waals surface area contributed by atoms with Crippen LogP contribution >= 0.6 is 34.4 Å². The summed E-state index contributed by atoms with van der Waals surface area (Å²) in [6.07, 6.45) is 1.78. The summed E-state index contributed by atoms with van der Waals surface area (Å²) in [5.41, 5.74) is 3.62. The second kappa shape index (κ2) is 8.06. The fourth-order valence-corrected chi connectivity index (χ4v) is 5.36. The van der Waals surface area contributed by atoms with Crippen LogP contribution < -0.4 is 0 Å². The molecule has 4 aromatic rings. The summed E-state index contributed by atoms with van der Waals surface area (Å²) in [5, 5.41) is 4.83. The normalized spacial score (nSPS) is 11.2. The lowest BCUT2D eigenvalue weighted by atomic mass is 10.2. The molecule has 0 amide bonds. The van der Waals surface area contributed by atoms with E-state index in [9.17, 15) is 4.79 Å². The minimum atomic E-state index is 0.125. The maximum Gasteiger partial charge on any atom is 0.236 e. The highest BCUT2D eigenvalue weighted by atomic mass is 32.2.